The van der Waals surface area contributed by atoms with Crippen molar-refractivity contribution in [3.63, 3.8) is 0 Å². The Hall–Kier alpha value is 0.603. The zero-order valence-electron chi connectivity index (χ0n) is 13.1. The maximum Gasteiger partial charge on any atom is 2.00 e. The molecule has 1 rings (SSSR count). The van der Waals surface area contributed by atoms with Crippen LogP contribution in [0.2, 0.25) is 6.04 Å². The molecule has 0 saturated carbocycles. The van der Waals surface area contributed by atoms with Crippen LogP contribution in [0.4, 0.5) is 0 Å². The van der Waals surface area contributed by atoms with Crippen LogP contribution < -0.4 is 22.2 Å². The number of hydrogen-bond acceptors (Lipinski definition) is 2. The summed E-state index contributed by atoms with van der Waals surface area (Å²) in [5, 5.41) is 1.20. The van der Waals surface area contributed by atoms with Crippen LogP contribution in [0.25, 0.3) is 0 Å². The molecule has 110 valence electrons. The molecule has 0 aliphatic heterocycles. The third-order valence-electron chi connectivity index (χ3n) is 2.57. The number of halogens is 1. The van der Waals surface area contributed by atoms with E-state index in [1.165, 1.54) is 5.19 Å². The van der Waals surface area contributed by atoms with Crippen LogP contribution >= 0.6 is 0 Å². The van der Waals surface area contributed by atoms with Gasteiger partial charge in [0.05, 0.1) is 0 Å². The molecule has 0 fully saturated rings. The van der Waals surface area contributed by atoms with Crippen molar-refractivity contribution in [3.05, 3.63) is 37.3 Å². The molecule has 0 N–H and O–H groups in total. The number of rotatable bonds is 7. The molecular weight excluding hydrogens is 344 g/mol. The summed E-state index contributed by atoms with van der Waals surface area (Å²) >= 11 is 0. The smallest absolute Gasteiger partial charge is 1.00 e. The monoisotopic (exact) mass is 368 g/mol. The van der Waals surface area contributed by atoms with Crippen LogP contribution in [0, 0.1) is 6.92 Å². The molecule has 0 bridgehead atoms. The van der Waals surface area contributed by atoms with Crippen LogP contribution in [0.3, 0.4) is 0 Å². The van der Waals surface area contributed by atoms with Gasteiger partial charge in [-0.3, -0.25) is 0 Å². The first-order valence-electron chi connectivity index (χ1n) is 6.70. The topological polar surface area (TPSA) is 18.5 Å². The first-order valence-corrected chi connectivity index (χ1v) is 8.73. The van der Waals surface area contributed by atoms with E-state index in [1.807, 2.05) is 18.2 Å². The van der Waals surface area contributed by atoms with Crippen LogP contribution in [-0.2, 0) is 8.85 Å². The van der Waals surface area contributed by atoms with E-state index in [-0.39, 0.29) is 52.2 Å². The minimum Gasteiger partial charge on any atom is -1.00 e. The van der Waals surface area contributed by atoms with Gasteiger partial charge in [0.2, 0.25) is 0 Å². The Bertz CT molecular complexity index is 337. The van der Waals surface area contributed by atoms with Crippen LogP contribution in [0.15, 0.2) is 30.3 Å². The third kappa shape index (κ3) is 7.05. The van der Waals surface area contributed by atoms with Gasteiger partial charge in [0.25, 0.3) is 0 Å². The average Bonchev–Trinajstić information content (AvgIpc) is 2.28. The summed E-state index contributed by atoms with van der Waals surface area (Å²) in [6.45, 7) is 12.3. The van der Waals surface area contributed by atoms with Crippen molar-refractivity contribution in [2.45, 2.75) is 52.4 Å². The standard InChI is InChI=1S/C15H25O2Si.BrH.Mg/c1-6-12-18(16-13(2)3,17-14(4)5)15-10-8-7-9-11-15;;/h7-11,13-14H,1,6,12H2,2-5H3;1H;/q-1;;+2/p-1. The second-order valence-corrected chi connectivity index (χ2v) is 8.11. The predicted octanol–water partition coefficient (Wildman–Crippen LogP) is 0.0332. The summed E-state index contributed by atoms with van der Waals surface area (Å²) < 4.78 is 12.5. The molecule has 1 aromatic carbocycles. The van der Waals surface area contributed by atoms with Crippen molar-refractivity contribution in [2.24, 2.45) is 0 Å². The van der Waals surface area contributed by atoms with Gasteiger partial charge in [-0.05, 0) is 38.9 Å². The molecule has 0 spiro atoms. The summed E-state index contributed by atoms with van der Waals surface area (Å²) in [5.74, 6) is 0. The molecule has 0 atom stereocenters. The van der Waals surface area contributed by atoms with Gasteiger partial charge >= 0.3 is 31.6 Å². The molecule has 5 heteroatoms. The van der Waals surface area contributed by atoms with E-state index in [4.69, 9.17) is 8.85 Å². The number of hydrogen-bond donors (Lipinski definition) is 0. The maximum absolute atomic E-state index is 6.25. The van der Waals surface area contributed by atoms with E-state index >= 15 is 0 Å². The third-order valence-corrected chi connectivity index (χ3v) is 6.50. The Morgan fingerprint density at radius 2 is 1.45 bits per heavy atom. The molecule has 0 radical (unpaired) electrons. The summed E-state index contributed by atoms with van der Waals surface area (Å²) in [7, 11) is -2.36. The molecule has 0 unspecified atom stereocenters. The van der Waals surface area contributed by atoms with Gasteiger partial charge < -0.3 is 32.8 Å². The molecule has 1 aromatic rings. The molecule has 0 aromatic heterocycles. The van der Waals surface area contributed by atoms with E-state index in [0.29, 0.717) is 0 Å². The average molecular weight is 370 g/mol. The summed E-state index contributed by atoms with van der Waals surface area (Å²) in [5.41, 5.74) is 0. The molecule has 2 nitrogen and oxygen atoms in total. The van der Waals surface area contributed by atoms with Crippen LogP contribution in [0.1, 0.15) is 34.1 Å². The van der Waals surface area contributed by atoms with Crippen molar-refractivity contribution in [2.75, 3.05) is 0 Å². The quantitative estimate of drug-likeness (QED) is 0.499. The zero-order valence-corrected chi connectivity index (χ0v) is 17.1. The predicted molar refractivity (Wildman–Crippen MR) is 84.8 cm³/mol. The van der Waals surface area contributed by atoms with E-state index in [0.717, 1.165) is 12.5 Å². The van der Waals surface area contributed by atoms with Crippen molar-refractivity contribution < 1.29 is 25.8 Å². The fourth-order valence-corrected chi connectivity index (χ4v) is 5.65. The SMILES string of the molecule is [Br-].[CH2-]CC[Si](OC(C)C)(OC(C)C)c1ccccc1.[Mg+2]. The molecule has 0 heterocycles. The summed E-state index contributed by atoms with van der Waals surface area (Å²) in [4.78, 5) is 0. The van der Waals surface area contributed by atoms with E-state index in [9.17, 15) is 0 Å². The summed E-state index contributed by atoms with van der Waals surface area (Å²) in [6, 6.07) is 11.3. The largest absolute Gasteiger partial charge is 2.00 e. The van der Waals surface area contributed by atoms with E-state index in [2.05, 4.69) is 46.8 Å². The van der Waals surface area contributed by atoms with Crippen molar-refractivity contribution in [1.82, 2.24) is 0 Å². The van der Waals surface area contributed by atoms with Crippen molar-refractivity contribution >= 4 is 36.8 Å². The van der Waals surface area contributed by atoms with E-state index in [1.54, 1.807) is 0 Å². The maximum atomic E-state index is 6.25. The second kappa shape index (κ2) is 11.2. The summed E-state index contributed by atoms with van der Waals surface area (Å²) in [6.07, 6.45) is 1.17. The molecule has 0 aliphatic carbocycles. The van der Waals surface area contributed by atoms with Crippen molar-refractivity contribution in [1.29, 1.82) is 0 Å². The first-order chi connectivity index (χ1) is 8.50. The van der Waals surface area contributed by atoms with Crippen LogP contribution in [0.5, 0.6) is 0 Å². The Morgan fingerprint density at radius 1 is 1.00 bits per heavy atom. The molecule has 0 amide bonds. The van der Waals surface area contributed by atoms with Gasteiger partial charge in [0.1, 0.15) is 0 Å². The fraction of sp³-hybridized carbons (Fsp3) is 0.533. The van der Waals surface area contributed by atoms with Gasteiger partial charge in [0, 0.05) is 12.2 Å². The van der Waals surface area contributed by atoms with Crippen molar-refractivity contribution in [3.8, 4) is 0 Å². The normalized spacial score (nSPS) is 11.2. The van der Waals surface area contributed by atoms with Gasteiger partial charge in [-0.2, -0.15) is 6.42 Å². The van der Waals surface area contributed by atoms with Gasteiger partial charge in [-0.15, -0.1) is 0 Å². The Labute approximate surface area is 151 Å². The Kier molecular flexibility index (Phi) is 12.8. The van der Waals surface area contributed by atoms with Gasteiger partial charge in [0.15, 0.2) is 0 Å². The van der Waals surface area contributed by atoms with Crippen LogP contribution in [-0.4, -0.2) is 43.8 Å². The molecular formula is C15H25BrMgO2Si. The Balaban J connectivity index is 0. The Morgan fingerprint density at radius 3 is 1.80 bits per heavy atom. The molecule has 20 heavy (non-hydrogen) atoms. The minimum atomic E-state index is -2.36. The molecule has 0 saturated heterocycles. The van der Waals surface area contributed by atoms with E-state index < -0.39 is 8.56 Å². The second-order valence-electron chi connectivity index (χ2n) is 5.06. The number of benzene rings is 1. The zero-order chi connectivity index (χ0) is 13.6. The minimum absolute atomic E-state index is 0. The fourth-order valence-electron chi connectivity index (χ4n) is 2.11. The van der Waals surface area contributed by atoms with Gasteiger partial charge in [-0.25, -0.2) is 0 Å². The van der Waals surface area contributed by atoms with Gasteiger partial charge in [-0.1, -0.05) is 30.3 Å². The first kappa shape index (κ1) is 22.9. The molecule has 0 aliphatic rings.